The topological polar surface area (TPSA) is 15.3 Å². The van der Waals surface area contributed by atoms with Crippen LogP contribution in [0.2, 0.25) is 0 Å². The van der Waals surface area contributed by atoms with Crippen LogP contribution in [0, 0.1) is 11.3 Å². The Bertz CT molecular complexity index is 236. The van der Waals surface area contributed by atoms with E-state index in [-0.39, 0.29) is 5.54 Å². The van der Waals surface area contributed by atoms with Crippen LogP contribution in [0.4, 0.5) is 0 Å². The van der Waals surface area contributed by atoms with Crippen LogP contribution in [-0.2, 0) is 0 Å². The van der Waals surface area contributed by atoms with Crippen molar-refractivity contribution in [3.63, 3.8) is 0 Å². The minimum Gasteiger partial charge on any atom is -0.311 e. The second kappa shape index (κ2) is 7.64. The van der Waals surface area contributed by atoms with Crippen molar-refractivity contribution in [2.24, 2.45) is 11.3 Å². The minimum atomic E-state index is 0.206. The molecule has 0 aromatic rings. The predicted molar refractivity (Wildman–Crippen MR) is 87.7 cm³/mol. The third-order valence-electron chi connectivity index (χ3n) is 4.74. The van der Waals surface area contributed by atoms with E-state index in [1.165, 1.54) is 19.4 Å². The molecule has 0 spiro atoms. The quantitative estimate of drug-likeness (QED) is 0.712. The predicted octanol–water partition coefficient (Wildman–Crippen LogP) is 4.16. The summed E-state index contributed by atoms with van der Waals surface area (Å²) in [5, 5.41) is 3.71. The zero-order valence-corrected chi connectivity index (χ0v) is 14.9. The van der Waals surface area contributed by atoms with Gasteiger partial charge < -0.3 is 10.2 Å². The lowest BCUT2D eigenvalue weighted by Gasteiger charge is -2.41. The molecule has 1 N–H and O–H groups in total. The molecule has 19 heavy (non-hydrogen) atoms. The Morgan fingerprint density at radius 1 is 1.00 bits per heavy atom. The third-order valence-corrected chi connectivity index (χ3v) is 4.74. The van der Waals surface area contributed by atoms with E-state index in [2.05, 4.69) is 72.7 Å². The second-order valence-corrected chi connectivity index (χ2v) is 7.71. The van der Waals surface area contributed by atoms with E-state index >= 15 is 0 Å². The molecule has 1 unspecified atom stereocenters. The van der Waals surface area contributed by atoms with Crippen molar-refractivity contribution in [3.05, 3.63) is 0 Å². The maximum Gasteiger partial charge on any atom is 0.00967 e. The van der Waals surface area contributed by atoms with Gasteiger partial charge in [-0.1, -0.05) is 27.7 Å². The fourth-order valence-corrected chi connectivity index (χ4v) is 2.41. The van der Waals surface area contributed by atoms with E-state index in [4.69, 9.17) is 0 Å². The minimum absolute atomic E-state index is 0.206. The van der Waals surface area contributed by atoms with E-state index < -0.39 is 0 Å². The third kappa shape index (κ3) is 6.76. The highest BCUT2D eigenvalue weighted by molar-refractivity contribution is 4.86. The van der Waals surface area contributed by atoms with E-state index in [1.54, 1.807) is 0 Å². The molecular weight excluding hydrogens is 232 g/mol. The number of nitrogens with one attached hydrogen (secondary N) is 1. The molecule has 116 valence electrons. The molecular formula is C17H38N2. The van der Waals surface area contributed by atoms with Crippen LogP contribution in [0.3, 0.4) is 0 Å². The van der Waals surface area contributed by atoms with E-state index in [9.17, 15) is 0 Å². The SMILES string of the molecule is CCC(CC)(CNC(C)(C)C)CN(C)C(C)C(C)C. The van der Waals surface area contributed by atoms with Crippen LogP contribution < -0.4 is 5.32 Å². The van der Waals surface area contributed by atoms with Crippen molar-refractivity contribution >= 4 is 0 Å². The van der Waals surface area contributed by atoms with Gasteiger partial charge in [0.05, 0.1) is 0 Å². The molecule has 0 bridgehead atoms. The molecule has 0 aliphatic carbocycles. The summed E-state index contributed by atoms with van der Waals surface area (Å²) in [7, 11) is 2.28. The van der Waals surface area contributed by atoms with Gasteiger partial charge in [0.25, 0.3) is 0 Å². The molecule has 0 amide bonds. The second-order valence-electron chi connectivity index (χ2n) is 7.71. The maximum absolute atomic E-state index is 3.71. The van der Waals surface area contributed by atoms with Crippen LogP contribution in [0.25, 0.3) is 0 Å². The molecule has 0 aromatic heterocycles. The molecule has 0 aliphatic heterocycles. The van der Waals surface area contributed by atoms with Crippen LogP contribution in [0.1, 0.15) is 68.2 Å². The molecule has 2 nitrogen and oxygen atoms in total. The summed E-state index contributed by atoms with van der Waals surface area (Å²) in [6.45, 7) is 20.7. The van der Waals surface area contributed by atoms with E-state index in [1.807, 2.05) is 0 Å². The largest absolute Gasteiger partial charge is 0.311 e. The summed E-state index contributed by atoms with van der Waals surface area (Å²) in [5.74, 6) is 0.715. The zero-order chi connectivity index (χ0) is 15.3. The Morgan fingerprint density at radius 3 is 1.79 bits per heavy atom. The lowest BCUT2D eigenvalue weighted by Crippen LogP contribution is -2.49. The van der Waals surface area contributed by atoms with E-state index in [0.29, 0.717) is 17.4 Å². The fourth-order valence-electron chi connectivity index (χ4n) is 2.41. The Kier molecular flexibility index (Phi) is 7.60. The first kappa shape index (κ1) is 18.9. The maximum atomic E-state index is 3.71. The van der Waals surface area contributed by atoms with Gasteiger partial charge in [-0.2, -0.15) is 0 Å². The molecule has 0 saturated carbocycles. The highest BCUT2D eigenvalue weighted by Crippen LogP contribution is 2.28. The number of hydrogen-bond donors (Lipinski definition) is 1. The van der Waals surface area contributed by atoms with Gasteiger partial charge in [-0.25, -0.2) is 0 Å². The lowest BCUT2D eigenvalue weighted by molar-refractivity contribution is 0.103. The Balaban J connectivity index is 4.70. The van der Waals surface area contributed by atoms with Gasteiger partial charge in [-0.15, -0.1) is 0 Å². The summed E-state index contributed by atoms with van der Waals surface area (Å²) in [6.07, 6.45) is 2.48. The van der Waals surface area contributed by atoms with Gasteiger partial charge >= 0.3 is 0 Å². The highest BCUT2D eigenvalue weighted by Gasteiger charge is 2.30. The summed E-state index contributed by atoms with van der Waals surface area (Å²) in [5.41, 5.74) is 0.600. The van der Waals surface area contributed by atoms with Crippen LogP contribution in [0.5, 0.6) is 0 Å². The molecule has 0 fully saturated rings. The van der Waals surface area contributed by atoms with Crippen LogP contribution in [0.15, 0.2) is 0 Å². The van der Waals surface area contributed by atoms with Gasteiger partial charge in [-0.3, -0.25) is 0 Å². The fraction of sp³-hybridized carbons (Fsp3) is 1.00. The molecule has 0 aliphatic rings. The van der Waals surface area contributed by atoms with Gasteiger partial charge in [0.1, 0.15) is 0 Å². The normalized spacial score (nSPS) is 15.3. The first-order valence-corrected chi connectivity index (χ1v) is 8.02. The summed E-state index contributed by atoms with van der Waals surface area (Å²) >= 11 is 0. The lowest BCUT2D eigenvalue weighted by atomic mass is 9.80. The van der Waals surface area contributed by atoms with Gasteiger partial charge in [0, 0.05) is 24.7 Å². The van der Waals surface area contributed by atoms with Gasteiger partial charge in [0.2, 0.25) is 0 Å². The summed E-state index contributed by atoms with van der Waals surface area (Å²) < 4.78 is 0. The first-order chi connectivity index (χ1) is 8.57. The molecule has 0 heterocycles. The van der Waals surface area contributed by atoms with Gasteiger partial charge in [0.15, 0.2) is 0 Å². The average molecular weight is 271 g/mol. The van der Waals surface area contributed by atoms with Crippen molar-refractivity contribution < 1.29 is 0 Å². The standard InChI is InChI=1S/C17H38N2/c1-10-17(11-2,12-18-16(6,7)8)13-19(9)15(5)14(3)4/h14-15,18H,10-13H2,1-9H3. The summed E-state index contributed by atoms with van der Waals surface area (Å²) in [6, 6.07) is 0.645. The molecule has 1 atom stereocenters. The molecule has 2 heteroatoms. The van der Waals surface area contributed by atoms with Crippen molar-refractivity contribution in [3.8, 4) is 0 Å². The van der Waals surface area contributed by atoms with Crippen molar-refractivity contribution in [2.45, 2.75) is 79.8 Å². The smallest absolute Gasteiger partial charge is 0.00967 e. The number of nitrogens with zero attached hydrogens (tertiary/aromatic N) is 1. The molecule has 0 saturated heterocycles. The molecule has 0 radical (unpaired) electrons. The zero-order valence-electron chi connectivity index (χ0n) is 14.9. The van der Waals surface area contributed by atoms with Crippen LogP contribution >= 0.6 is 0 Å². The number of hydrogen-bond acceptors (Lipinski definition) is 2. The molecule has 0 aromatic carbocycles. The van der Waals surface area contributed by atoms with Crippen molar-refractivity contribution in [1.29, 1.82) is 0 Å². The van der Waals surface area contributed by atoms with Gasteiger partial charge in [-0.05, 0) is 58.9 Å². The Morgan fingerprint density at radius 2 is 1.47 bits per heavy atom. The van der Waals surface area contributed by atoms with Crippen LogP contribution in [-0.4, -0.2) is 36.6 Å². The Hall–Kier alpha value is -0.0800. The van der Waals surface area contributed by atoms with E-state index in [0.717, 1.165) is 6.54 Å². The summed E-state index contributed by atoms with van der Waals surface area (Å²) in [4.78, 5) is 2.54. The first-order valence-electron chi connectivity index (χ1n) is 8.02. The molecule has 0 rings (SSSR count). The number of rotatable bonds is 8. The highest BCUT2D eigenvalue weighted by atomic mass is 15.1. The van der Waals surface area contributed by atoms with Crippen molar-refractivity contribution in [1.82, 2.24) is 10.2 Å². The van der Waals surface area contributed by atoms with Crippen molar-refractivity contribution in [2.75, 3.05) is 20.1 Å². The average Bonchev–Trinajstić information content (AvgIpc) is 2.32. The monoisotopic (exact) mass is 270 g/mol. The Labute approximate surface area is 122 Å².